The van der Waals surface area contributed by atoms with E-state index >= 15 is 0 Å². The van der Waals surface area contributed by atoms with Gasteiger partial charge in [0.1, 0.15) is 0 Å². The van der Waals surface area contributed by atoms with Crippen LogP contribution >= 0.6 is 23.2 Å². The lowest BCUT2D eigenvalue weighted by atomic mass is 10.2. The van der Waals surface area contributed by atoms with Crippen LogP contribution in [0.2, 0.25) is 10.0 Å². The fraction of sp³-hybridized carbons (Fsp3) is 0.182. The van der Waals surface area contributed by atoms with Gasteiger partial charge in [0.05, 0.1) is 39.6 Å². The van der Waals surface area contributed by atoms with Crippen molar-refractivity contribution in [2.24, 2.45) is 0 Å². The summed E-state index contributed by atoms with van der Waals surface area (Å²) in [5.74, 6) is 0.0568. The predicted molar refractivity (Wildman–Crippen MR) is 90.4 cm³/mol. The lowest BCUT2D eigenvalue weighted by Gasteiger charge is -2.23. The first kappa shape index (κ1) is 17.4. The quantitative estimate of drug-likeness (QED) is 0.515. The Balaban J connectivity index is 2.37. The van der Waals surface area contributed by atoms with Gasteiger partial charge in [-0.25, -0.2) is 8.42 Å². The van der Waals surface area contributed by atoms with Gasteiger partial charge in [-0.05, 0) is 6.07 Å². The van der Waals surface area contributed by atoms with Gasteiger partial charge in [-0.3, -0.25) is 13.9 Å². The van der Waals surface area contributed by atoms with Crippen LogP contribution in [0.5, 0.6) is 0 Å². The molecule has 11 nitrogen and oxygen atoms in total. The average molecular weight is 406 g/mol. The second-order valence-electron chi connectivity index (χ2n) is 4.95. The maximum absolute atomic E-state index is 12.3. The number of sulfonamides is 1. The molecule has 3 aromatic rings. The molecule has 132 valence electrons. The lowest BCUT2D eigenvalue weighted by molar-refractivity contribution is 0.595. The molecular formula is C11H9Cl2N7O4S. The minimum atomic E-state index is -3.89. The van der Waals surface area contributed by atoms with Crippen LogP contribution in [0.15, 0.2) is 15.7 Å². The summed E-state index contributed by atoms with van der Waals surface area (Å²) in [6.45, 7) is -0.328. The number of fused-ring (bicyclic) bond motifs is 1. The summed E-state index contributed by atoms with van der Waals surface area (Å²) in [6, 6.07) is 1.30. The summed E-state index contributed by atoms with van der Waals surface area (Å²) in [7, 11) is -3.89. The molecule has 0 saturated carbocycles. The summed E-state index contributed by atoms with van der Waals surface area (Å²) in [6.07, 6.45) is 0.930. The molecule has 25 heavy (non-hydrogen) atoms. The van der Waals surface area contributed by atoms with Gasteiger partial charge in [0, 0.05) is 0 Å². The van der Waals surface area contributed by atoms with Gasteiger partial charge in [0.25, 0.3) is 0 Å². The Bertz CT molecular complexity index is 1170. The molecule has 1 aromatic carbocycles. The Labute approximate surface area is 149 Å². The summed E-state index contributed by atoms with van der Waals surface area (Å²) >= 11 is 12.2. The first-order valence-electron chi connectivity index (χ1n) is 6.53. The van der Waals surface area contributed by atoms with E-state index in [-0.39, 0.29) is 39.1 Å². The normalized spacial score (nSPS) is 11.8. The SMILES string of the molecule is CS(=O)(=O)N(Cc1nn[nH]n1)c1c(Cl)c(Cl)cc2[nH]c(=O)c(=O)[nH]c12. The summed E-state index contributed by atoms with van der Waals surface area (Å²) in [5.41, 5.74) is -1.91. The zero-order valence-corrected chi connectivity index (χ0v) is 14.7. The third kappa shape index (κ3) is 3.23. The fourth-order valence-corrected chi connectivity index (χ4v) is 3.53. The van der Waals surface area contributed by atoms with Crippen LogP contribution in [0.25, 0.3) is 11.0 Å². The molecule has 2 aromatic heterocycles. The number of aromatic nitrogens is 6. The highest BCUT2D eigenvalue weighted by Gasteiger charge is 2.27. The van der Waals surface area contributed by atoms with E-state index < -0.39 is 21.1 Å². The molecule has 2 heterocycles. The first-order valence-corrected chi connectivity index (χ1v) is 9.13. The minimum Gasteiger partial charge on any atom is -0.316 e. The van der Waals surface area contributed by atoms with Crippen molar-refractivity contribution in [1.82, 2.24) is 30.6 Å². The molecule has 0 radical (unpaired) electrons. The number of H-pyrrole nitrogens is 3. The highest BCUT2D eigenvalue weighted by Crippen LogP contribution is 2.39. The second-order valence-corrected chi connectivity index (χ2v) is 7.64. The van der Waals surface area contributed by atoms with Crippen LogP contribution in [0.1, 0.15) is 5.82 Å². The van der Waals surface area contributed by atoms with Gasteiger partial charge in [-0.2, -0.15) is 5.21 Å². The van der Waals surface area contributed by atoms with Crippen LogP contribution in [0.4, 0.5) is 5.69 Å². The van der Waals surface area contributed by atoms with Gasteiger partial charge in [0.15, 0.2) is 5.82 Å². The Morgan fingerprint density at radius 1 is 1.20 bits per heavy atom. The number of nitrogens with one attached hydrogen (secondary N) is 3. The number of benzene rings is 1. The fourth-order valence-electron chi connectivity index (χ4n) is 2.16. The van der Waals surface area contributed by atoms with E-state index in [4.69, 9.17) is 23.2 Å². The van der Waals surface area contributed by atoms with E-state index in [0.717, 1.165) is 10.6 Å². The number of anilines is 1. The highest BCUT2D eigenvalue weighted by molar-refractivity contribution is 7.92. The topological polar surface area (TPSA) is 158 Å². The van der Waals surface area contributed by atoms with Gasteiger partial charge in [-0.15, -0.1) is 10.2 Å². The van der Waals surface area contributed by atoms with Crippen molar-refractivity contribution in [3.63, 3.8) is 0 Å². The van der Waals surface area contributed by atoms with Crippen LogP contribution in [0, 0.1) is 0 Å². The molecule has 0 aliphatic carbocycles. The number of nitrogens with zero attached hydrogens (tertiary/aromatic N) is 4. The molecule has 0 fully saturated rings. The number of rotatable bonds is 4. The number of tetrazole rings is 1. The average Bonchev–Trinajstić information content (AvgIpc) is 3.01. The summed E-state index contributed by atoms with van der Waals surface area (Å²) in [5, 5.41) is 12.8. The standard InChI is InChI=1S/C11H9Cl2N7O4S/c1-25(23,24)20(3-6-16-18-19-17-6)9-7(13)4(12)2-5-8(9)15-11(22)10(21)14-5/h2H,3H2,1H3,(H,14,21)(H,15,22)(H,16,17,18,19). The maximum atomic E-state index is 12.3. The zero-order chi connectivity index (χ0) is 18.4. The third-order valence-corrected chi connectivity index (χ3v) is 5.10. The van der Waals surface area contributed by atoms with Crippen molar-refractivity contribution in [3.8, 4) is 0 Å². The molecule has 3 rings (SSSR count). The van der Waals surface area contributed by atoms with Crippen molar-refractivity contribution in [3.05, 3.63) is 42.6 Å². The number of hydrogen-bond donors (Lipinski definition) is 3. The second kappa shape index (κ2) is 6.13. The van der Waals surface area contributed by atoms with Crippen molar-refractivity contribution in [2.75, 3.05) is 10.6 Å². The minimum absolute atomic E-state index is 0.00656. The van der Waals surface area contributed by atoms with Crippen molar-refractivity contribution in [2.45, 2.75) is 6.54 Å². The molecule has 14 heteroatoms. The predicted octanol–water partition coefficient (Wildman–Crippen LogP) is 0.00250. The molecule has 0 spiro atoms. The van der Waals surface area contributed by atoms with Gasteiger partial charge < -0.3 is 9.97 Å². The Morgan fingerprint density at radius 3 is 2.48 bits per heavy atom. The zero-order valence-electron chi connectivity index (χ0n) is 12.4. The van der Waals surface area contributed by atoms with E-state index in [2.05, 4.69) is 30.6 Å². The van der Waals surface area contributed by atoms with E-state index in [1.807, 2.05) is 0 Å². The van der Waals surface area contributed by atoms with Crippen molar-refractivity contribution < 1.29 is 8.42 Å². The van der Waals surface area contributed by atoms with Crippen molar-refractivity contribution in [1.29, 1.82) is 0 Å². The molecule has 0 amide bonds. The number of aromatic amines is 3. The summed E-state index contributed by atoms with van der Waals surface area (Å²) in [4.78, 5) is 27.8. The molecule has 0 saturated heterocycles. The Kier molecular flexibility index (Phi) is 4.26. The van der Waals surface area contributed by atoms with Gasteiger partial charge >= 0.3 is 11.1 Å². The lowest BCUT2D eigenvalue weighted by Crippen LogP contribution is -2.33. The Morgan fingerprint density at radius 2 is 1.88 bits per heavy atom. The molecular weight excluding hydrogens is 397 g/mol. The largest absolute Gasteiger partial charge is 0.316 e. The molecule has 0 aliphatic rings. The van der Waals surface area contributed by atoms with Crippen LogP contribution in [-0.4, -0.2) is 45.3 Å². The van der Waals surface area contributed by atoms with E-state index in [0.29, 0.717) is 0 Å². The van der Waals surface area contributed by atoms with E-state index in [1.165, 1.54) is 6.07 Å². The van der Waals surface area contributed by atoms with Gasteiger partial charge in [0.2, 0.25) is 10.0 Å². The van der Waals surface area contributed by atoms with Crippen LogP contribution in [-0.2, 0) is 16.6 Å². The number of halogens is 2. The van der Waals surface area contributed by atoms with E-state index in [1.54, 1.807) is 0 Å². The highest BCUT2D eigenvalue weighted by atomic mass is 35.5. The maximum Gasteiger partial charge on any atom is 0.314 e. The molecule has 0 unspecified atom stereocenters. The van der Waals surface area contributed by atoms with Crippen LogP contribution < -0.4 is 15.4 Å². The smallest absolute Gasteiger partial charge is 0.314 e. The van der Waals surface area contributed by atoms with Crippen molar-refractivity contribution >= 4 is 49.9 Å². The van der Waals surface area contributed by atoms with Gasteiger partial charge in [-0.1, -0.05) is 28.4 Å². The molecule has 3 N–H and O–H groups in total. The molecule has 0 bridgehead atoms. The monoisotopic (exact) mass is 405 g/mol. The van der Waals surface area contributed by atoms with E-state index in [9.17, 15) is 18.0 Å². The molecule has 0 aliphatic heterocycles. The summed E-state index contributed by atoms with van der Waals surface area (Å²) < 4.78 is 25.4. The Hall–Kier alpha value is -2.44. The van der Waals surface area contributed by atoms with Crippen LogP contribution in [0.3, 0.4) is 0 Å². The third-order valence-electron chi connectivity index (χ3n) is 3.21. The molecule has 0 atom stereocenters. The number of hydrogen-bond acceptors (Lipinski definition) is 7. The first-order chi connectivity index (χ1) is 11.7.